The molecule has 1 aromatic carbocycles. The summed E-state index contributed by atoms with van der Waals surface area (Å²) in [6.07, 6.45) is 2.86. The second-order valence-corrected chi connectivity index (χ2v) is 5.89. The summed E-state index contributed by atoms with van der Waals surface area (Å²) >= 11 is 0. The highest BCUT2D eigenvalue weighted by Crippen LogP contribution is 2.28. The Hall–Kier alpha value is -1.82. The molecule has 102 valence electrons. The molecule has 0 N–H and O–H groups in total. The highest BCUT2D eigenvalue weighted by Gasteiger charge is 2.21. The van der Waals surface area contributed by atoms with E-state index >= 15 is 0 Å². The lowest BCUT2D eigenvalue weighted by atomic mass is 10.1. The number of hydrogen-bond acceptors (Lipinski definition) is 4. The summed E-state index contributed by atoms with van der Waals surface area (Å²) in [5.41, 5.74) is 1.51. The summed E-state index contributed by atoms with van der Waals surface area (Å²) in [4.78, 5) is 0.247. The molecule has 0 spiro atoms. The number of rotatable bonds is 4. The Morgan fingerprint density at radius 2 is 2.00 bits per heavy atom. The molecular weight excluding hydrogens is 264 g/mol. The molecule has 5 nitrogen and oxygen atoms in total. The van der Waals surface area contributed by atoms with E-state index in [0.29, 0.717) is 17.9 Å². The van der Waals surface area contributed by atoms with Gasteiger partial charge >= 0.3 is 0 Å². The highest BCUT2D eigenvalue weighted by molar-refractivity contribution is 7.89. The molecule has 1 heterocycles. The van der Waals surface area contributed by atoms with Crippen LogP contribution in [0.25, 0.3) is 0 Å². The molecule has 0 fully saturated rings. The molecule has 1 aromatic heterocycles. The molecule has 0 aliphatic rings. The first-order valence-electron chi connectivity index (χ1n) is 5.96. The predicted molar refractivity (Wildman–Crippen MR) is 71.9 cm³/mol. The Kier molecular flexibility index (Phi) is 3.61. The third-order valence-corrected chi connectivity index (χ3v) is 4.70. The smallest absolute Gasteiger partial charge is 0.283 e. The van der Waals surface area contributed by atoms with E-state index in [-0.39, 0.29) is 4.90 Å². The fraction of sp³-hybridized carbons (Fsp3) is 0.308. The van der Waals surface area contributed by atoms with Gasteiger partial charge in [0, 0.05) is 6.20 Å². The fourth-order valence-electron chi connectivity index (χ4n) is 1.86. The maximum absolute atomic E-state index is 12.4. The fourth-order valence-corrected chi connectivity index (χ4v) is 3.25. The van der Waals surface area contributed by atoms with Crippen LogP contribution in [0.5, 0.6) is 5.75 Å². The topological polar surface area (TPSA) is 61.2 Å². The minimum atomic E-state index is -3.63. The number of benzene rings is 1. The molecule has 2 rings (SSSR count). The Labute approximate surface area is 112 Å². The Morgan fingerprint density at radius 3 is 2.58 bits per heavy atom. The van der Waals surface area contributed by atoms with Crippen molar-refractivity contribution in [3.63, 3.8) is 0 Å². The zero-order chi connectivity index (χ0) is 14.0. The molecule has 0 aliphatic carbocycles. The zero-order valence-corrected chi connectivity index (χ0v) is 11.9. The van der Waals surface area contributed by atoms with Gasteiger partial charge in [-0.05, 0) is 50.1 Å². The summed E-state index contributed by atoms with van der Waals surface area (Å²) in [5, 5.41) is 3.79. The first-order chi connectivity index (χ1) is 8.98. The Balaban J connectivity index is 2.56. The lowest BCUT2D eigenvalue weighted by molar-refractivity contribution is 0.337. The minimum Gasteiger partial charge on any atom is -0.494 e. The van der Waals surface area contributed by atoms with Crippen molar-refractivity contribution < 1.29 is 13.2 Å². The normalized spacial score (nSPS) is 11.5. The predicted octanol–water partition coefficient (Wildman–Crippen LogP) is 2.14. The lowest BCUT2D eigenvalue weighted by Crippen LogP contribution is -2.15. The molecule has 0 saturated carbocycles. The van der Waals surface area contributed by atoms with E-state index < -0.39 is 10.0 Å². The van der Waals surface area contributed by atoms with Crippen molar-refractivity contribution in [2.24, 2.45) is 0 Å². The van der Waals surface area contributed by atoms with Crippen LogP contribution in [-0.2, 0) is 10.0 Å². The monoisotopic (exact) mass is 280 g/mol. The second-order valence-electron chi connectivity index (χ2n) is 4.13. The van der Waals surface area contributed by atoms with E-state index in [0.717, 1.165) is 9.65 Å². The van der Waals surface area contributed by atoms with Crippen LogP contribution in [0.1, 0.15) is 18.1 Å². The van der Waals surface area contributed by atoms with Crippen LogP contribution in [0.4, 0.5) is 0 Å². The van der Waals surface area contributed by atoms with Gasteiger partial charge in [-0.3, -0.25) is 0 Å². The molecule has 0 saturated heterocycles. The van der Waals surface area contributed by atoms with Crippen LogP contribution in [-0.4, -0.2) is 24.2 Å². The van der Waals surface area contributed by atoms with Crippen LogP contribution in [0.3, 0.4) is 0 Å². The van der Waals surface area contributed by atoms with Gasteiger partial charge in [0.05, 0.1) is 17.7 Å². The SMILES string of the molecule is CCOc1ccc(S(=O)(=O)n2cccn2)c(C)c1C. The zero-order valence-electron chi connectivity index (χ0n) is 11.1. The van der Waals surface area contributed by atoms with Crippen molar-refractivity contribution in [1.82, 2.24) is 9.19 Å². The molecule has 19 heavy (non-hydrogen) atoms. The van der Waals surface area contributed by atoms with Gasteiger partial charge in [0.2, 0.25) is 0 Å². The van der Waals surface area contributed by atoms with Crippen molar-refractivity contribution in [3.05, 3.63) is 41.7 Å². The average Bonchev–Trinajstić information content (AvgIpc) is 2.89. The lowest BCUT2D eigenvalue weighted by Gasteiger charge is -2.13. The minimum absolute atomic E-state index is 0.247. The maximum Gasteiger partial charge on any atom is 0.283 e. The van der Waals surface area contributed by atoms with E-state index in [2.05, 4.69) is 5.10 Å². The van der Waals surface area contributed by atoms with Gasteiger partial charge in [-0.2, -0.15) is 17.6 Å². The maximum atomic E-state index is 12.4. The van der Waals surface area contributed by atoms with Gasteiger partial charge in [-0.25, -0.2) is 0 Å². The van der Waals surface area contributed by atoms with Gasteiger partial charge in [0.15, 0.2) is 0 Å². The Bertz CT molecular complexity index is 676. The third-order valence-electron chi connectivity index (χ3n) is 2.99. The molecule has 0 atom stereocenters. The summed E-state index contributed by atoms with van der Waals surface area (Å²) in [7, 11) is -3.63. The number of hydrogen-bond donors (Lipinski definition) is 0. The molecule has 0 bridgehead atoms. The van der Waals surface area contributed by atoms with Crippen molar-refractivity contribution in [1.29, 1.82) is 0 Å². The van der Waals surface area contributed by atoms with E-state index in [9.17, 15) is 8.42 Å². The van der Waals surface area contributed by atoms with E-state index in [1.54, 1.807) is 25.1 Å². The summed E-state index contributed by atoms with van der Waals surface area (Å²) in [6.45, 7) is 6.06. The summed E-state index contributed by atoms with van der Waals surface area (Å²) < 4.78 is 31.2. The van der Waals surface area contributed by atoms with Gasteiger partial charge in [-0.15, -0.1) is 0 Å². The van der Waals surface area contributed by atoms with Gasteiger partial charge in [0.25, 0.3) is 10.0 Å². The van der Waals surface area contributed by atoms with Gasteiger partial charge < -0.3 is 4.74 Å². The standard InChI is InChI=1S/C13H16N2O3S/c1-4-18-12-6-7-13(11(3)10(12)2)19(16,17)15-9-5-8-14-15/h5-9H,4H2,1-3H3. The van der Waals surface area contributed by atoms with Crippen molar-refractivity contribution in [2.75, 3.05) is 6.61 Å². The van der Waals surface area contributed by atoms with Crippen LogP contribution in [0.2, 0.25) is 0 Å². The van der Waals surface area contributed by atoms with E-state index in [4.69, 9.17) is 4.74 Å². The molecular formula is C13H16N2O3S. The Morgan fingerprint density at radius 1 is 1.26 bits per heavy atom. The molecule has 6 heteroatoms. The highest BCUT2D eigenvalue weighted by atomic mass is 32.2. The van der Waals surface area contributed by atoms with E-state index in [1.165, 1.54) is 12.4 Å². The van der Waals surface area contributed by atoms with Crippen LogP contribution in [0.15, 0.2) is 35.5 Å². The van der Waals surface area contributed by atoms with Crippen molar-refractivity contribution >= 4 is 10.0 Å². The molecule has 0 unspecified atom stereocenters. The van der Waals surface area contributed by atoms with Crippen molar-refractivity contribution in [3.8, 4) is 5.75 Å². The molecule has 0 radical (unpaired) electrons. The van der Waals surface area contributed by atoms with E-state index in [1.807, 2.05) is 13.8 Å². The van der Waals surface area contributed by atoms with Gasteiger partial charge in [0.1, 0.15) is 5.75 Å². The summed E-state index contributed by atoms with van der Waals surface area (Å²) in [6, 6.07) is 4.82. The number of aromatic nitrogens is 2. The van der Waals surface area contributed by atoms with Gasteiger partial charge in [-0.1, -0.05) is 0 Å². The second kappa shape index (κ2) is 5.05. The first kappa shape index (κ1) is 13.6. The molecule has 0 aliphatic heterocycles. The molecule has 0 amide bonds. The van der Waals surface area contributed by atoms with Crippen LogP contribution < -0.4 is 4.74 Å². The molecule has 2 aromatic rings. The quantitative estimate of drug-likeness (QED) is 0.861. The number of nitrogens with zero attached hydrogens (tertiary/aromatic N) is 2. The third kappa shape index (κ3) is 2.35. The number of ether oxygens (including phenoxy) is 1. The average molecular weight is 280 g/mol. The largest absolute Gasteiger partial charge is 0.494 e. The van der Waals surface area contributed by atoms with Crippen LogP contribution in [0, 0.1) is 13.8 Å². The van der Waals surface area contributed by atoms with Crippen molar-refractivity contribution in [2.45, 2.75) is 25.7 Å². The van der Waals surface area contributed by atoms with Crippen LogP contribution >= 0.6 is 0 Å². The first-order valence-corrected chi connectivity index (χ1v) is 7.40. The summed E-state index contributed by atoms with van der Waals surface area (Å²) in [5.74, 6) is 0.708.